The van der Waals surface area contributed by atoms with Gasteiger partial charge in [0, 0.05) is 11.1 Å². The first-order valence-electron chi connectivity index (χ1n) is 12.7. The lowest BCUT2D eigenvalue weighted by Gasteiger charge is -2.09. The van der Waals surface area contributed by atoms with Gasteiger partial charge in [-0.05, 0) is 84.6 Å². The second-order valence-corrected chi connectivity index (χ2v) is 8.80. The van der Waals surface area contributed by atoms with E-state index in [9.17, 15) is 4.79 Å². The highest BCUT2D eigenvalue weighted by atomic mass is 16.5. The molecule has 0 fully saturated rings. The summed E-state index contributed by atoms with van der Waals surface area (Å²) >= 11 is 0. The summed E-state index contributed by atoms with van der Waals surface area (Å²) in [6.45, 7) is 1.32. The molecule has 7 heteroatoms. The largest absolute Gasteiger partial charge is 0.494 e. The van der Waals surface area contributed by atoms with E-state index in [1.807, 2.05) is 78.9 Å². The van der Waals surface area contributed by atoms with E-state index in [0.717, 1.165) is 46.6 Å². The maximum atomic E-state index is 11.6. The Labute approximate surface area is 227 Å². The maximum absolute atomic E-state index is 11.6. The van der Waals surface area contributed by atoms with Gasteiger partial charge < -0.3 is 18.6 Å². The van der Waals surface area contributed by atoms with E-state index < -0.39 is 5.97 Å². The minimum absolute atomic E-state index is 0.379. The first-order chi connectivity index (χ1) is 19.2. The number of para-hydroxylation sites is 1. The summed E-state index contributed by atoms with van der Waals surface area (Å²) in [5, 5.41) is 8.33. The average molecular weight is 521 g/mol. The minimum atomic E-state index is -0.393. The third kappa shape index (κ3) is 6.70. The average Bonchev–Trinajstić information content (AvgIpc) is 3.50. The molecule has 0 atom stereocenters. The van der Waals surface area contributed by atoms with Crippen molar-refractivity contribution in [3.63, 3.8) is 0 Å². The normalized spacial score (nSPS) is 10.7. The Morgan fingerprint density at radius 3 is 1.62 bits per heavy atom. The van der Waals surface area contributed by atoms with Gasteiger partial charge in [-0.2, -0.15) is 0 Å². The van der Waals surface area contributed by atoms with Gasteiger partial charge in [-0.15, -0.1) is 10.2 Å². The Morgan fingerprint density at radius 2 is 1.08 bits per heavy atom. The van der Waals surface area contributed by atoms with Crippen LogP contribution in [0.25, 0.3) is 34.0 Å². The second-order valence-electron chi connectivity index (χ2n) is 8.80. The highest BCUT2D eigenvalue weighted by Crippen LogP contribution is 2.28. The van der Waals surface area contributed by atoms with Crippen LogP contribution in [-0.4, -0.2) is 36.5 Å². The van der Waals surface area contributed by atoms with Gasteiger partial charge >= 0.3 is 5.97 Å². The van der Waals surface area contributed by atoms with Crippen molar-refractivity contribution in [3.8, 4) is 45.5 Å². The predicted molar refractivity (Wildman–Crippen MR) is 149 cm³/mol. The number of methoxy groups -OCH3 is 1. The summed E-state index contributed by atoms with van der Waals surface area (Å²) in [6.07, 6.45) is 1.86. The Kier molecular flexibility index (Phi) is 8.28. The van der Waals surface area contributed by atoms with Crippen LogP contribution in [0.4, 0.5) is 0 Å². The number of esters is 1. The number of unbranched alkanes of at least 4 members (excludes halogenated alkanes) is 1. The molecule has 0 aliphatic heterocycles. The molecule has 7 nitrogen and oxygen atoms in total. The van der Waals surface area contributed by atoms with E-state index >= 15 is 0 Å². The number of carbonyl (C=O) groups is 1. The van der Waals surface area contributed by atoms with Crippen LogP contribution in [0.15, 0.2) is 108 Å². The zero-order chi connectivity index (χ0) is 26.9. The van der Waals surface area contributed by atoms with Gasteiger partial charge in [-0.3, -0.25) is 0 Å². The lowest BCUT2D eigenvalue weighted by atomic mass is 10.0. The van der Waals surface area contributed by atoms with E-state index in [1.165, 1.54) is 7.11 Å². The summed E-state index contributed by atoms with van der Waals surface area (Å²) in [6, 6.07) is 32.7. The van der Waals surface area contributed by atoms with Gasteiger partial charge in [0.25, 0.3) is 0 Å². The SMILES string of the molecule is COC(=O)c1ccc(-c2nnc(-c3ccc(-c4ccc(OCCCCOc5ccccc5)cc4)cc3)o2)cc1. The first-order valence-corrected chi connectivity index (χ1v) is 12.7. The van der Waals surface area contributed by atoms with E-state index in [0.29, 0.717) is 30.6 Å². The highest BCUT2D eigenvalue weighted by Gasteiger charge is 2.12. The number of hydrogen-bond donors (Lipinski definition) is 0. The monoisotopic (exact) mass is 520 g/mol. The van der Waals surface area contributed by atoms with Crippen molar-refractivity contribution in [2.75, 3.05) is 20.3 Å². The zero-order valence-corrected chi connectivity index (χ0v) is 21.6. The lowest BCUT2D eigenvalue weighted by Crippen LogP contribution is -2.02. The van der Waals surface area contributed by atoms with Crippen LogP contribution in [0.1, 0.15) is 23.2 Å². The molecule has 0 unspecified atom stereocenters. The smallest absolute Gasteiger partial charge is 0.337 e. The number of aromatic nitrogens is 2. The highest BCUT2D eigenvalue weighted by molar-refractivity contribution is 5.89. The Morgan fingerprint density at radius 1 is 0.615 bits per heavy atom. The number of hydrogen-bond acceptors (Lipinski definition) is 7. The van der Waals surface area contributed by atoms with Crippen LogP contribution in [-0.2, 0) is 4.74 Å². The molecule has 0 N–H and O–H groups in total. The maximum Gasteiger partial charge on any atom is 0.337 e. The van der Waals surface area contributed by atoms with Crippen molar-refractivity contribution < 1.29 is 23.4 Å². The fraction of sp³-hybridized carbons (Fsp3) is 0.156. The van der Waals surface area contributed by atoms with Crippen molar-refractivity contribution in [2.45, 2.75) is 12.8 Å². The molecule has 0 radical (unpaired) electrons. The second kappa shape index (κ2) is 12.6. The van der Waals surface area contributed by atoms with E-state index in [-0.39, 0.29) is 0 Å². The Bertz CT molecular complexity index is 1480. The zero-order valence-electron chi connectivity index (χ0n) is 21.6. The summed E-state index contributed by atoms with van der Waals surface area (Å²) in [5.41, 5.74) is 4.16. The fourth-order valence-electron chi connectivity index (χ4n) is 3.97. The fourth-order valence-corrected chi connectivity index (χ4v) is 3.97. The van der Waals surface area contributed by atoms with Crippen molar-refractivity contribution in [1.82, 2.24) is 10.2 Å². The number of carbonyl (C=O) groups excluding carboxylic acids is 1. The molecule has 39 heavy (non-hydrogen) atoms. The molecule has 5 aromatic rings. The number of rotatable bonds is 11. The predicted octanol–water partition coefficient (Wildman–Crippen LogP) is 7.10. The summed E-state index contributed by atoms with van der Waals surface area (Å²) in [4.78, 5) is 11.6. The quantitative estimate of drug-likeness (QED) is 0.136. The van der Waals surface area contributed by atoms with Gasteiger partial charge in [0.05, 0.1) is 25.9 Å². The summed E-state index contributed by atoms with van der Waals surface area (Å²) < 4.78 is 22.2. The van der Waals surface area contributed by atoms with Gasteiger partial charge in [0.15, 0.2) is 0 Å². The van der Waals surface area contributed by atoms with Gasteiger partial charge in [0.1, 0.15) is 11.5 Å². The molecular weight excluding hydrogens is 492 g/mol. The van der Waals surface area contributed by atoms with E-state index in [4.69, 9.17) is 18.6 Å². The molecule has 4 aromatic carbocycles. The van der Waals surface area contributed by atoms with Crippen molar-refractivity contribution >= 4 is 5.97 Å². The minimum Gasteiger partial charge on any atom is -0.494 e. The van der Waals surface area contributed by atoms with Gasteiger partial charge in [-0.25, -0.2) is 4.79 Å². The molecule has 0 saturated carbocycles. The molecule has 1 aromatic heterocycles. The van der Waals surface area contributed by atoms with Crippen LogP contribution >= 0.6 is 0 Å². The van der Waals surface area contributed by atoms with Gasteiger partial charge in [-0.1, -0.05) is 42.5 Å². The topological polar surface area (TPSA) is 83.7 Å². The molecule has 0 saturated heterocycles. The number of benzene rings is 4. The molecule has 1 heterocycles. The number of ether oxygens (including phenoxy) is 3. The van der Waals surface area contributed by atoms with Crippen LogP contribution in [0.2, 0.25) is 0 Å². The molecular formula is C32H28N2O5. The van der Waals surface area contributed by atoms with Gasteiger partial charge in [0.2, 0.25) is 11.8 Å². The molecule has 0 aliphatic rings. The third-order valence-electron chi connectivity index (χ3n) is 6.12. The van der Waals surface area contributed by atoms with Crippen molar-refractivity contribution in [2.24, 2.45) is 0 Å². The molecule has 5 rings (SSSR count). The first kappa shape index (κ1) is 25.7. The standard InChI is InChI=1S/C32H28N2O5/c1-36-32(35)27-15-13-26(14-16-27)31-34-33-30(39-31)25-11-9-23(10-12-25)24-17-19-29(20-18-24)38-22-6-5-21-37-28-7-3-2-4-8-28/h2-4,7-20H,5-6,21-22H2,1H3. The lowest BCUT2D eigenvalue weighted by molar-refractivity contribution is 0.0600. The molecule has 0 spiro atoms. The third-order valence-corrected chi connectivity index (χ3v) is 6.12. The van der Waals surface area contributed by atoms with Crippen molar-refractivity contribution in [3.05, 3.63) is 109 Å². The Hall–Kier alpha value is -4.91. The molecule has 196 valence electrons. The van der Waals surface area contributed by atoms with Crippen LogP contribution in [0, 0.1) is 0 Å². The van der Waals surface area contributed by atoms with E-state index in [1.54, 1.807) is 24.3 Å². The van der Waals surface area contributed by atoms with E-state index in [2.05, 4.69) is 10.2 Å². The van der Waals surface area contributed by atoms with Crippen LogP contribution in [0.5, 0.6) is 11.5 Å². The summed E-state index contributed by atoms with van der Waals surface area (Å²) in [5.74, 6) is 2.15. The molecule has 0 aliphatic carbocycles. The Balaban J connectivity index is 1.12. The van der Waals surface area contributed by atoms with Crippen LogP contribution < -0.4 is 9.47 Å². The van der Waals surface area contributed by atoms with Crippen molar-refractivity contribution in [1.29, 1.82) is 0 Å². The summed E-state index contributed by atoms with van der Waals surface area (Å²) in [7, 11) is 1.35. The van der Waals surface area contributed by atoms with Crippen LogP contribution in [0.3, 0.4) is 0 Å². The molecule has 0 amide bonds. The number of nitrogens with zero attached hydrogens (tertiary/aromatic N) is 2. The molecule has 0 bridgehead atoms.